The van der Waals surface area contributed by atoms with Crippen LogP contribution in [0.1, 0.15) is 39.0 Å². The quantitative estimate of drug-likeness (QED) is 0.629. The second kappa shape index (κ2) is 1.99. The highest BCUT2D eigenvalue weighted by Crippen LogP contribution is 2.65. The number of hydrogen-bond acceptors (Lipinski definition) is 2. The molecule has 2 bridgehead atoms. The van der Waals surface area contributed by atoms with Crippen molar-refractivity contribution in [3.8, 4) is 0 Å². The van der Waals surface area contributed by atoms with Crippen molar-refractivity contribution in [2.24, 2.45) is 5.73 Å². The molecule has 12 heavy (non-hydrogen) atoms. The van der Waals surface area contributed by atoms with Crippen LogP contribution in [0.15, 0.2) is 0 Å². The summed E-state index contributed by atoms with van der Waals surface area (Å²) in [6, 6.07) is 0. The molecular weight excluding hydrogens is 174 g/mol. The standard InChI is InChI=1S/C9H15NO.ClH/c1-7-5-8(10,6-7)9(11-7)3-2-4-9;/h2-6,10H2,1H3;1H. The van der Waals surface area contributed by atoms with Gasteiger partial charge in [-0.25, -0.2) is 0 Å². The van der Waals surface area contributed by atoms with Gasteiger partial charge in [0.2, 0.25) is 0 Å². The topological polar surface area (TPSA) is 35.2 Å². The summed E-state index contributed by atoms with van der Waals surface area (Å²) in [5, 5.41) is 0. The first-order valence-electron chi connectivity index (χ1n) is 4.57. The number of hydrogen-bond donors (Lipinski definition) is 1. The molecule has 0 atom stereocenters. The molecule has 0 radical (unpaired) electrons. The summed E-state index contributed by atoms with van der Waals surface area (Å²) in [6.45, 7) is 2.20. The SMILES string of the molecule is CC12CC(N)(C1)C1(CCC1)O2.Cl. The van der Waals surface area contributed by atoms with E-state index in [1.165, 1.54) is 19.3 Å². The van der Waals surface area contributed by atoms with Crippen LogP contribution in [0, 0.1) is 0 Å². The Morgan fingerprint density at radius 3 is 2.00 bits per heavy atom. The predicted molar refractivity (Wildman–Crippen MR) is 49.5 cm³/mol. The van der Waals surface area contributed by atoms with Gasteiger partial charge in [-0.2, -0.15) is 0 Å². The number of nitrogens with two attached hydrogens (primary N) is 1. The largest absolute Gasteiger partial charge is 0.367 e. The second-order valence-electron chi connectivity index (χ2n) is 4.91. The summed E-state index contributed by atoms with van der Waals surface area (Å²) < 4.78 is 6.02. The highest BCUT2D eigenvalue weighted by atomic mass is 35.5. The van der Waals surface area contributed by atoms with Crippen LogP contribution >= 0.6 is 12.4 Å². The average molecular weight is 190 g/mol. The number of halogens is 1. The molecule has 1 spiro atoms. The second-order valence-corrected chi connectivity index (χ2v) is 4.91. The highest BCUT2D eigenvalue weighted by molar-refractivity contribution is 5.85. The van der Waals surface area contributed by atoms with Gasteiger partial charge in [-0.3, -0.25) is 0 Å². The lowest BCUT2D eigenvalue weighted by Gasteiger charge is -2.48. The first-order chi connectivity index (χ1) is 5.08. The third-order valence-corrected chi connectivity index (χ3v) is 3.89. The maximum absolute atomic E-state index is 6.24. The van der Waals surface area contributed by atoms with Gasteiger partial charge in [0.15, 0.2) is 0 Å². The van der Waals surface area contributed by atoms with Gasteiger partial charge in [-0.15, -0.1) is 12.4 Å². The summed E-state index contributed by atoms with van der Waals surface area (Å²) in [5.74, 6) is 0. The van der Waals surface area contributed by atoms with Gasteiger partial charge in [0.05, 0.1) is 16.7 Å². The van der Waals surface area contributed by atoms with E-state index < -0.39 is 0 Å². The van der Waals surface area contributed by atoms with Crippen molar-refractivity contribution >= 4 is 12.4 Å². The van der Waals surface area contributed by atoms with Crippen LogP contribution in [-0.2, 0) is 4.74 Å². The molecule has 70 valence electrons. The van der Waals surface area contributed by atoms with E-state index in [1.54, 1.807) is 0 Å². The van der Waals surface area contributed by atoms with E-state index in [-0.39, 0.29) is 29.1 Å². The molecule has 0 aromatic carbocycles. The fourth-order valence-electron chi connectivity index (χ4n) is 3.35. The van der Waals surface area contributed by atoms with Crippen molar-refractivity contribution in [1.82, 2.24) is 0 Å². The molecular formula is C9H16ClNO. The molecule has 2 aliphatic heterocycles. The normalized spacial score (nSPS) is 52.5. The third-order valence-electron chi connectivity index (χ3n) is 3.89. The Labute approximate surface area is 79.2 Å². The minimum Gasteiger partial charge on any atom is -0.367 e. The molecule has 3 heteroatoms. The van der Waals surface area contributed by atoms with E-state index in [4.69, 9.17) is 10.5 Å². The first kappa shape index (κ1) is 8.79. The molecule has 2 aliphatic carbocycles. The average Bonchev–Trinajstić information content (AvgIpc) is 2.07. The molecule has 0 aromatic rings. The Bertz CT molecular complexity index is 219. The summed E-state index contributed by atoms with van der Waals surface area (Å²) in [6.07, 6.45) is 5.92. The van der Waals surface area contributed by atoms with Crippen LogP contribution in [-0.4, -0.2) is 16.7 Å². The van der Waals surface area contributed by atoms with Crippen molar-refractivity contribution in [2.45, 2.75) is 55.8 Å². The van der Waals surface area contributed by atoms with Gasteiger partial charge in [0.25, 0.3) is 0 Å². The summed E-state index contributed by atoms with van der Waals surface area (Å²) in [4.78, 5) is 0. The molecule has 2 N–H and O–H groups in total. The van der Waals surface area contributed by atoms with Gasteiger partial charge < -0.3 is 10.5 Å². The Balaban J connectivity index is 0.000000563. The molecule has 0 aromatic heterocycles. The van der Waals surface area contributed by atoms with E-state index >= 15 is 0 Å². The fraction of sp³-hybridized carbons (Fsp3) is 1.00. The molecule has 0 amide bonds. The van der Waals surface area contributed by atoms with Crippen molar-refractivity contribution in [1.29, 1.82) is 0 Å². The minimum atomic E-state index is 0. The predicted octanol–water partition coefficient (Wildman–Crippen LogP) is 1.61. The van der Waals surface area contributed by atoms with E-state index in [9.17, 15) is 0 Å². The zero-order valence-corrected chi connectivity index (χ0v) is 8.25. The van der Waals surface area contributed by atoms with E-state index in [2.05, 4.69) is 6.92 Å². The third kappa shape index (κ3) is 0.699. The molecule has 2 nitrogen and oxygen atoms in total. The zero-order valence-electron chi connectivity index (χ0n) is 7.43. The lowest BCUT2D eigenvalue weighted by atomic mass is 9.57. The van der Waals surface area contributed by atoms with Crippen molar-refractivity contribution in [2.75, 3.05) is 0 Å². The lowest BCUT2D eigenvalue weighted by molar-refractivity contribution is -0.101. The maximum atomic E-state index is 6.24. The molecule has 2 saturated heterocycles. The Hall–Kier alpha value is 0.210. The molecule has 2 heterocycles. The molecule has 0 unspecified atom stereocenters. The minimum absolute atomic E-state index is 0. The van der Waals surface area contributed by atoms with Crippen LogP contribution in [0.3, 0.4) is 0 Å². The zero-order chi connectivity index (χ0) is 7.74. The van der Waals surface area contributed by atoms with Gasteiger partial charge >= 0.3 is 0 Å². The Morgan fingerprint density at radius 1 is 1.25 bits per heavy atom. The number of ether oxygens (including phenoxy) is 1. The molecule has 4 rings (SSSR count). The van der Waals surface area contributed by atoms with Crippen molar-refractivity contribution < 1.29 is 4.74 Å². The fourth-order valence-corrected chi connectivity index (χ4v) is 3.35. The van der Waals surface area contributed by atoms with E-state index in [0.717, 1.165) is 12.8 Å². The van der Waals surface area contributed by atoms with Gasteiger partial charge in [0.1, 0.15) is 0 Å². The van der Waals surface area contributed by atoms with Crippen molar-refractivity contribution in [3.05, 3.63) is 0 Å². The maximum Gasteiger partial charge on any atom is 0.0870 e. The van der Waals surface area contributed by atoms with Gasteiger partial charge in [-0.1, -0.05) is 0 Å². The summed E-state index contributed by atoms with van der Waals surface area (Å²) in [7, 11) is 0. The number of rotatable bonds is 0. The summed E-state index contributed by atoms with van der Waals surface area (Å²) in [5.41, 5.74) is 6.60. The monoisotopic (exact) mass is 189 g/mol. The molecule has 4 aliphatic rings. The van der Waals surface area contributed by atoms with Gasteiger partial charge in [-0.05, 0) is 39.0 Å². The Kier molecular flexibility index (Phi) is 1.46. The van der Waals surface area contributed by atoms with E-state index in [1.807, 2.05) is 0 Å². The lowest BCUT2D eigenvalue weighted by Crippen LogP contribution is -2.63. The van der Waals surface area contributed by atoms with Crippen LogP contribution in [0.5, 0.6) is 0 Å². The highest BCUT2D eigenvalue weighted by Gasteiger charge is 2.72. The van der Waals surface area contributed by atoms with Crippen LogP contribution in [0.25, 0.3) is 0 Å². The van der Waals surface area contributed by atoms with Crippen LogP contribution < -0.4 is 5.73 Å². The molecule has 4 fully saturated rings. The Morgan fingerprint density at radius 2 is 1.83 bits per heavy atom. The smallest absolute Gasteiger partial charge is 0.0870 e. The summed E-state index contributed by atoms with van der Waals surface area (Å²) >= 11 is 0. The van der Waals surface area contributed by atoms with Crippen molar-refractivity contribution in [3.63, 3.8) is 0 Å². The van der Waals surface area contributed by atoms with Crippen LogP contribution in [0.4, 0.5) is 0 Å². The van der Waals surface area contributed by atoms with Crippen LogP contribution in [0.2, 0.25) is 0 Å². The first-order valence-corrected chi connectivity index (χ1v) is 4.57. The van der Waals surface area contributed by atoms with Gasteiger partial charge in [0, 0.05) is 0 Å². The molecule has 2 saturated carbocycles. The van der Waals surface area contributed by atoms with E-state index in [0.29, 0.717) is 0 Å².